The van der Waals surface area contributed by atoms with E-state index in [1.807, 2.05) is 7.05 Å². The molecule has 164 valence electrons. The maximum Gasteiger partial charge on any atom is 0.193 e. The van der Waals surface area contributed by atoms with Crippen LogP contribution in [0, 0.1) is 0 Å². The number of likely N-dealkylation sites (tertiary alicyclic amines) is 2. The predicted octanol–water partition coefficient (Wildman–Crippen LogP) is 1.48. The minimum Gasteiger partial charge on any atom is -0.382 e. The number of rotatable bonds is 5. The quantitative estimate of drug-likeness (QED) is 0.345. The van der Waals surface area contributed by atoms with Gasteiger partial charge in [-0.05, 0) is 58.9 Å². The van der Waals surface area contributed by atoms with E-state index in [0.717, 1.165) is 32.2 Å². The highest BCUT2D eigenvalue weighted by Gasteiger charge is 2.40. The van der Waals surface area contributed by atoms with Crippen LogP contribution in [0.5, 0.6) is 0 Å². The molecule has 1 atom stereocenters. The normalized spacial score (nSPS) is 27.3. The summed E-state index contributed by atoms with van der Waals surface area (Å²) < 4.78 is 11.1. The summed E-state index contributed by atoms with van der Waals surface area (Å²) in [7, 11) is 5.87. The Balaban J connectivity index is 0.00000280. The second-order valence-corrected chi connectivity index (χ2v) is 8.37. The molecule has 8 heteroatoms. The molecule has 3 fully saturated rings. The zero-order valence-corrected chi connectivity index (χ0v) is 20.3. The second kappa shape index (κ2) is 11.9. The number of methoxy groups -OCH3 is 1. The molecule has 0 aromatic rings. The van der Waals surface area contributed by atoms with Gasteiger partial charge < -0.3 is 24.6 Å². The molecule has 0 saturated carbocycles. The van der Waals surface area contributed by atoms with Gasteiger partial charge in [-0.3, -0.25) is 9.89 Å². The van der Waals surface area contributed by atoms with Crippen molar-refractivity contribution in [2.45, 2.75) is 43.7 Å². The number of morpholine rings is 1. The summed E-state index contributed by atoms with van der Waals surface area (Å²) in [4.78, 5) is 12.2. The average Bonchev–Trinajstić information content (AvgIpc) is 2.71. The second-order valence-electron chi connectivity index (χ2n) is 8.37. The van der Waals surface area contributed by atoms with Crippen molar-refractivity contribution in [2.75, 3.05) is 80.2 Å². The Morgan fingerprint density at radius 3 is 2.50 bits per heavy atom. The topological polar surface area (TPSA) is 52.6 Å². The van der Waals surface area contributed by atoms with Crippen LogP contribution in [0.25, 0.3) is 0 Å². The molecule has 3 aliphatic rings. The molecule has 0 aromatic heterocycles. The fourth-order valence-corrected chi connectivity index (χ4v) is 4.78. The van der Waals surface area contributed by atoms with E-state index in [-0.39, 0.29) is 35.6 Å². The van der Waals surface area contributed by atoms with Gasteiger partial charge in [0, 0.05) is 39.3 Å². The van der Waals surface area contributed by atoms with Crippen molar-refractivity contribution in [3.8, 4) is 0 Å². The van der Waals surface area contributed by atoms with Crippen LogP contribution in [0.3, 0.4) is 0 Å². The Morgan fingerprint density at radius 2 is 1.86 bits per heavy atom. The zero-order valence-electron chi connectivity index (χ0n) is 18.0. The fourth-order valence-electron chi connectivity index (χ4n) is 4.78. The lowest BCUT2D eigenvalue weighted by Crippen LogP contribution is -2.63. The van der Waals surface area contributed by atoms with E-state index < -0.39 is 0 Å². The lowest BCUT2D eigenvalue weighted by molar-refractivity contribution is -0.0451. The average molecular weight is 509 g/mol. The number of guanidine groups is 1. The van der Waals surface area contributed by atoms with E-state index in [1.54, 1.807) is 7.11 Å². The highest BCUT2D eigenvalue weighted by atomic mass is 127. The van der Waals surface area contributed by atoms with E-state index in [1.165, 1.54) is 58.3 Å². The van der Waals surface area contributed by atoms with Crippen LogP contribution in [-0.4, -0.2) is 113 Å². The van der Waals surface area contributed by atoms with E-state index in [4.69, 9.17) is 9.47 Å². The lowest BCUT2D eigenvalue weighted by Gasteiger charge is -2.50. The monoisotopic (exact) mass is 509 g/mol. The van der Waals surface area contributed by atoms with E-state index in [0.29, 0.717) is 6.61 Å². The summed E-state index contributed by atoms with van der Waals surface area (Å²) >= 11 is 0. The van der Waals surface area contributed by atoms with Crippen LogP contribution >= 0.6 is 24.0 Å². The summed E-state index contributed by atoms with van der Waals surface area (Å²) in [5, 5.41) is 3.74. The molecular weight excluding hydrogens is 469 g/mol. The first-order valence-electron chi connectivity index (χ1n) is 10.7. The van der Waals surface area contributed by atoms with Crippen molar-refractivity contribution in [3.05, 3.63) is 0 Å². The van der Waals surface area contributed by atoms with Gasteiger partial charge in [-0.1, -0.05) is 6.42 Å². The zero-order chi connectivity index (χ0) is 19.1. The number of ether oxygens (including phenoxy) is 2. The summed E-state index contributed by atoms with van der Waals surface area (Å²) in [5.74, 6) is 1.01. The number of nitrogens with zero attached hydrogens (tertiary/aromatic N) is 4. The highest BCUT2D eigenvalue weighted by Crippen LogP contribution is 2.31. The van der Waals surface area contributed by atoms with Crippen LogP contribution in [0.1, 0.15) is 32.1 Å². The van der Waals surface area contributed by atoms with Crippen molar-refractivity contribution >= 4 is 29.9 Å². The van der Waals surface area contributed by atoms with E-state index >= 15 is 0 Å². The third-order valence-electron chi connectivity index (χ3n) is 6.52. The van der Waals surface area contributed by atoms with Crippen molar-refractivity contribution in [2.24, 2.45) is 4.99 Å². The van der Waals surface area contributed by atoms with Crippen molar-refractivity contribution in [3.63, 3.8) is 0 Å². The van der Waals surface area contributed by atoms with Crippen molar-refractivity contribution in [1.29, 1.82) is 0 Å². The molecule has 28 heavy (non-hydrogen) atoms. The number of nitrogens with one attached hydrogen (secondary N) is 1. The Labute approximate surface area is 188 Å². The molecule has 0 amide bonds. The molecular formula is C20H40IN5O2. The minimum absolute atomic E-state index is 0. The van der Waals surface area contributed by atoms with Crippen LogP contribution < -0.4 is 5.32 Å². The summed E-state index contributed by atoms with van der Waals surface area (Å²) in [6.07, 6.45) is 6.67. The van der Waals surface area contributed by atoms with Crippen LogP contribution in [0.15, 0.2) is 4.99 Å². The van der Waals surface area contributed by atoms with E-state index in [9.17, 15) is 0 Å². The smallest absolute Gasteiger partial charge is 0.193 e. The summed E-state index contributed by atoms with van der Waals surface area (Å²) in [6.45, 7) is 8.95. The van der Waals surface area contributed by atoms with E-state index in [2.05, 4.69) is 32.1 Å². The molecule has 3 aliphatic heterocycles. The van der Waals surface area contributed by atoms with Crippen LogP contribution in [-0.2, 0) is 9.47 Å². The molecule has 3 saturated heterocycles. The molecule has 1 unspecified atom stereocenters. The van der Waals surface area contributed by atoms with Crippen molar-refractivity contribution in [1.82, 2.24) is 20.0 Å². The third kappa shape index (κ3) is 6.17. The van der Waals surface area contributed by atoms with Gasteiger partial charge >= 0.3 is 0 Å². The van der Waals surface area contributed by atoms with Crippen molar-refractivity contribution < 1.29 is 9.47 Å². The van der Waals surface area contributed by atoms with Gasteiger partial charge in [0.15, 0.2) is 5.96 Å². The van der Waals surface area contributed by atoms with Gasteiger partial charge in [0.1, 0.15) is 0 Å². The maximum atomic E-state index is 5.80. The molecule has 0 bridgehead atoms. The first kappa shape index (κ1) is 24.1. The Bertz CT molecular complexity index is 477. The number of halogens is 1. The molecule has 0 aliphatic carbocycles. The molecule has 0 radical (unpaired) electrons. The molecule has 7 nitrogen and oxygen atoms in total. The summed E-state index contributed by atoms with van der Waals surface area (Å²) in [6, 6.07) is 0. The number of piperidine rings is 2. The first-order chi connectivity index (χ1) is 13.2. The maximum absolute atomic E-state index is 5.80. The largest absolute Gasteiger partial charge is 0.382 e. The van der Waals surface area contributed by atoms with Gasteiger partial charge in [0.2, 0.25) is 0 Å². The highest BCUT2D eigenvalue weighted by molar-refractivity contribution is 14.0. The first-order valence-corrected chi connectivity index (χ1v) is 10.7. The van der Waals surface area contributed by atoms with Gasteiger partial charge in [-0.15, -0.1) is 24.0 Å². The van der Waals surface area contributed by atoms with Crippen LogP contribution in [0.2, 0.25) is 0 Å². The lowest BCUT2D eigenvalue weighted by atomic mass is 9.84. The summed E-state index contributed by atoms with van der Waals surface area (Å²) in [5.41, 5.74) is 0.265. The molecule has 0 aromatic carbocycles. The van der Waals surface area contributed by atoms with Gasteiger partial charge in [-0.25, -0.2) is 0 Å². The predicted molar refractivity (Wildman–Crippen MR) is 125 cm³/mol. The fraction of sp³-hybridized carbons (Fsp3) is 0.950. The minimum atomic E-state index is 0. The Morgan fingerprint density at radius 1 is 1.14 bits per heavy atom. The number of hydrogen-bond acceptors (Lipinski definition) is 5. The van der Waals surface area contributed by atoms with Crippen LogP contribution in [0.4, 0.5) is 0 Å². The Kier molecular flexibility index (Phi) is 10.2. The molecule has 3 heterocycles. The molecule has 1 N–H and O–H groups in total. The van der Waals surface area contributed by atoms with Gasteiger partial charge in [0.25, 0.3) is 0 Å². The standard InChI is InChI=1S/C20H39N5O2.HI/c1-21-19(24-13-14-27-18(15-24)16-26-3)22-17-20(7-11-23(2)12-8-20)25-9-5-4-6-10-25;/h18H,4-17H2,1-3H3,(H,21,22);1H. The number of aliphatic imine (C=N–C) groups is 1. The number of hydrogen-bond donors (Lipinski definition) is 1. The Hall–Kier alpha value is -0.160. The third-order valence-corrected chi connectivity index (χ3v) is 6.52. The van der Waals surface area contributed by atoms with Gasteiger partial charge in [-0.2, -0.15) is 0 Å². The molecule has 3 rings (SSSR count). The molecule has 0 spiro atoms. The SMILES string of the molecule is CN=C(NCC1(N2CCCCC2)CCN(C)CC1)N1CCOC(COC)C1.I. The van der Waals surface area contributed by atoms with Gasteiger partial charge in [0.05, 0.1) is 19.3 Å².